The largest absolute Gasteiger partial charge is 0.416 e. The Hall–Kier alpha value is -1.77. The first-order chi connectivity index (χ1) is 10.5. The van der Waals surface area contributed by atoms with E-state index in [0.29, 0.717) is 0 Å². The van der Waals surface area contributed by atoms with Crippen molar-refractivity contribution in [3.63, 3.8) is 0 Å². The molecule has 3 heteroatoms. The third-order valence-electron chi connectivity index (χ3n) is 3.74. The molecule has 0 N–H and O–H groups in total. The Kier molecular flexibility index (Phi) is 5.64. The third kappa shape index (κ3) is 4.36. The van der Waals surface area contributed by atoms with Gasteiger partial charge in [0.1, 0.15) is 0 Å². The zero-order valence-electron chi connectivity index (χ0n) is 12.5. The van der Waals surface area contributed by atoms with Crippen LogP contribution in [0.4, 0.5) is 13.2 Å². The Morgan fingerprint density at radius 1 is 0.818 bits per heavy atom. The number of alkyl halides is 3. The molecule has 0 aliphatic carbocycles. The number of unbranched alkanes of at least 4 members (excludes halogenated alkanes) is 3. The predicted octanol–water partition coefficient (Wildman–Crippen LogP) is 6.31. The number of halogens is 3. The van der Waals surface area contributed by atoms with E-state index >= 15 is 0 Å². The Balaban J connectivity index is 2.18. The molecular weight excluding hydrogens is 285 g/mol. The molecule has 117 valence electrons. The molecule has 0 spiro atoms. The van der Waals surface area contributed by atoms with Crippen molar-refractivity contribution in [3.8, 4) is 11.1 Å². The highest BCUT2D eigenvalue weighted by atomic mass is 19.4. The van der Waals surface area contributed by atoms with Crippen LogP contribution in [0.1, 0.15) is 36.8 Å². The summed E-state index contributed by atoms with van der Waals surface area (Å²) in [6, 6.07) is 13.3. The highest BCUT2D eigenvalue weighted by Crippen LogP contribution is 2.32. The fourth-order valence-corrected chi connectivity index (χ4v) is 2.53. The fourth-order valence-electron chi connectivity index (χ4n) is 2.53. The van der Waals surface area contributed by atoms with E-state index in [1.807, 2.05) is 18.2 Å². The molecular formula is C19H20F3. The van der Waals surface area contributed by atoms with Crippen LogP contribution in [0.2, 0.25) is 0 Å². The summed E-state index contributed by atoms with van der Waals surface area (Å²) in [5, 5.41) is 0. The summed E-state index contributed by atoms with van der Waals surface area (Å²) in [6.07, 6.45) is 0.921. The van der Waals surface area contributed by atoms with Gasteiger partial charge < -0.3 is 0 Å². The molecule has 0 atom stereocenters. The second-order valence-corrected chi connectivity index (χ2v) is 5.40. The molecule has 0 aliphatic rings. The quantitative estimate of drug-likeness (QED) is 0.549. The first-order valence-corrected chi connectivity index (χ1v) is 7.57. The van der Waals surface area contributed by atoms with Crippen LogP contribution < -0.4 is 0 Å². The van der Waals surface area contributed by atoms with Crippen molar-refractivity contribution in [1.82, 2.24) is 0 Å². The van der Waals surface area contributed by atoms with Gasteiger partial charge in [0.05, 0.1) is 5.56 Å². The van der Waals surface area contributed by atoms with E-state index in [2.05, 4.69) is 13.0 Å². The topological polar surface area (TPSA) is 0 Å². The lowest BCUT2D eigenvalue weighted by Gasteiger charge is -2.11. The molecule has 2 aromatic carbocycles. The molecule has 0 saturated heterocycles. The lowest BCUT2D eigenvalue weighted by Crippen LogP contribution is -2.04. The van der Waals surface area contributed by atoms with E-state index in [0.717, 1.165) is 55.4 Å². The van der Waals surface area contributed by atoms with Gasteiger partial charge in [0, 0.05) is 0 Å². The molecule has 0 unspecified atom stereocenters. The number of hydrogen-bond donors (Lipinski definition) is 0. The maximum absolute atomic E-state index is 12.6. The average molecular weight is 305 g/mol. The summed E-state index contributed by atoms with van der Waals surface area (Å²) in [4.78, 5) is 0. The summed E-state index contributed by atoms with van der Waals surface area (Å²) >= 11 is 0. The van der Waals surface area contributed by atoms with Gasteiger partial charge in [0.25, 0.3) is 0 Å². The van der Waals surface area contributed by atoms with Crippen LogP contribution in [-0.2, 0) is 12.6 Å². The van der Waals surface area contributed by atoms with Gasteiger partial charge in [-0.25, -0.2) is 0 Å². The Bertz CT molecular complexity index is 582. The summed E-state index contributed by atoms with van der Waals surface area (Å²) in [5.74, 6) is 0. The minimum Gasteiger partial charge on any atom is -0.166 e. The van der Waals surface area contributed by atoms with Crippen LogP contribution >= 0.6 is 0 Å². The number of hydrogen-bond acceptors (Lipinski definition) is 0. The molecule has 0 nitrogen and oxygen atoms in total. The summed E-state index contributed by atoms with van der Waals surface area (Å²) < 4.78 is 37.9. The molecule has 0 bridgehead atoms. The summed E-state index contributed by atoms with van der Waals surface area (Å²) in [6.45, 7) is 3.83. The van der Waals surface area contributed by atoms with Crippen LogP contribution in [0.15, 0.2) is 48.5 Å². The molecule has 0 aliphatic heterocycles. The molecule has 0 heterocycles. The van der Waals surface area contributed by atoms with Crippen molar-refractivity contribution >= 4 is 0 Å². The molecule has 2 rings (SSSR count). The van der Waals surface area contributed by atoms with Gasteiger partial charge in [-0.05, 0) is 41.7 Å². The Labute approximate surface area is 130 Å². The van der Waals surface area contributed by atoms with Gasteiger partial charge in [0.2, 0.25) is 0 Å². The molecule has 0 aromatic heterocycles. The fraction of sp³-hybridized carbons (Fsp3) is 0.316. The first-order valence-electron chi connectivity index (χ1n) is 7.57. The van der Waals surface area contributed by atoms with Crippen molar-refractivity contribution < 1.29 is 13.2 Å². The van der Waals surface area contributed by atoms with Crippen LogP contribution in [0, 0.1) is 6.92 Å². The van der Waals surface area contributed by atoms with Crippen LogP contribution in [0.25, 0.3) is 11.1 Å². The second-order valence-electron chi connectivity index (χ2n) is 5.40. The minimum absolute atomic E-state index is 0.607. The van der Waals surface area contributed by atoms with Gasteiger partial charge in [-0.15, -0.1) is 0 Å². The van der Waals surface area contributed by atoms with E-state index < -0.39 is 11.7 Å². The standard InChI is InChI=1S/C19H20F3/c1-2-3-4-5-8-15-9-6-7-10-18(15)16-11-13-17(14-12-16)19(20,21)22/h6-7,9-14H,1-5,8H2. The van der Waals surface area contributed by atoms with Crippen molar-refractivity contribution in [2.75, 3.05) is 0 Å². The summed E-state index contributed by atoms with van der Waals surface area (Å²) in [5.41, 5.74) is 2.43. The van der Waals surface area contributed by atoms with Gasteiger partial charge in [-0.3, -0.25) is 0 Å². The minimum atomic E-state index is -4.29. The maximum atomic E-state index is 12.6. The molecule has 0 saturated carbocycles. The van der Waals surface area contributed by atoms with Gasteiger partial charge in [-0.2, -0.15) is 13.2 Å². The van der Waals surface area contributed by atoms with Gasteiger partial charge >= 0.3 is 6.18 Å². The van der Waals surface area contributed by atoms with Crippen LogP contribution in [-0.4, -0.2) is 0 Å². The molecule has 0 amide bonds. The molecule has 22 heavy (non-hydrogen) atoms. The number of aryl methyl sites for hydroxylation is 1. The third-order valence-corrected chi connectivity index (χ3v) is 3.74. The average Bonchev–Trinajstić information content (AvgIpc) is 2.51. The van der Waals surface area contributed by atoms with E-state index in [-0.39, 0.29) is 0 Å². The van der Waals surface area contributed by atoms with E-state index in [4.69, 9.17) is 0 Å². The van der Waals surface area contributed by atoms with Crippen molar-refractivity contribution in [2.24, 2.45) is 0 Å². The highest BCUT2D eigenvalue weighted by Gasteiger charge is 2.29. The zero-order valence-corrected chi connectivity index (χ0v) is 12.5. The van der Waals surface area contributed by atoms with Crippen molar-refractivity contribution in [3.05, 3.63) is 66.6 Å². The SMILES string of the molecule is [CH2]CCCCCc1ccccc1-c1ccc(C(F)(F)F)cc1. The summed E-state index contributed by atoms with van der Waals surface area (Å²) in [7, 11) is 0. The van der Waals surface area contributed by atoms with Crippen molar-refractivity contribution in [1.29, 1.82) is 0 Å². The van der Waals surface area contributed by atoms with Crippen molar-refractivity contribution in [2.45, 2.75) is 38.3 Å². The monoisotopic (exact) mass is 305 g/mol. The lowest BCUT2D eigenvalue weighted by molar-refractivity contribution is -0.137. The van der Waals surface area contributed by atoms with E-state index in [1.165, 1.54) is 5.56 Å². The number of rotatable bonds is 6. The smallest absolute Gasteiger partial charge is 0.166 e. The first kappa shape index (κ1) is 16.6. The number of benzene rings is 2. The second kappa shape index (κ2) is 7.48. The normalized spacial score (nSPS) is 11.6. The maximum Gasteiger partial charge on any atom is 0.416 e. The lowest BCUT2D eigenvalue weighted by atomic mass is 9.95. The molecule has 1 radical (unpaired) electrons. The van der Waals surface area contributed by atoms with Crippen LogP contribution in [0.5, 0.6) is 0 Å². The van der Waals surface area contributed by atoms with E-state index in [9.17, 15) is 13.2 Å². The van der Waals surface area contributed by atoms with E-state index in [1.54, 1.807) is 12.1 Å². The highest BCUT2D eigenvalue weighted by molar-refractivity contribution is 5.67. The predicted molar refractivity (Wildman–Crippen MR) is 84.4 cm³/mol. The Morgan fingerprint density at radius 3 is 2.14 bits per heavy atom. The van der Waals surface area contributed by atoms with Crippen LogP contribution in [0.3, 0.4) is 0 Å². The zero-order chi connectivity index (χ0) is 16.0. The molecule has 2 aromatic rings. The molecule has 0 fully saturated rings. The Morgan fingerprint density at radius 2 is 1.50 bits per heavy atom. The van der Waals surface area contributed by atoms with Gasteiger partial charge in [0.15, 0.2) is 0 Å². The van der Waals surface area contributed by atoms with Gasteiger partial charge in [-0.1, -0.05) is 62.6 Å².